The van der Waals surface area contributed by atoms with Crippen LogP contribution in [0.25, 0.3) is 0 Å². The van der Waals surface area contributed by atoms with Crippen LogP contribution in [-0.2, 0) is 12.2 Å². The Morgan fingerprint density at radius 1 is 0.960 bits per heavy atom. The Bertz CT molecular complexity index is 850. The van der Waals surface area contributed by atoms with Crippen molar-refractivity contribution in [1.82, 2.24) is 9.97 Å². The van der Waals surface area contributed by atoms with Gasteiger partial charge in [-0.15, -0.1) is 0 Å². The minimum Gasteiger partial charge on any atom is -0.439 e. The molecule has 0 radical (unpaired) electrons. The van der Waals surface area contributed by atoms with Gasteiger partial charge in [0.05, 0.1) is 0 Å². The topological polar surface area (TPSA) is 35.0 Å². The van der Waals surface area contributed by atoms with Crippen molar-refractivity contribution in [2.75, 3.05) is 0 Å². The highest BCUT2D eigenvalue weighted by atomic mass is 32.2. The van der Waals surface area contributed by atoms with Crippen LogP contribution in [0.2, 0.25) is 0 Å². The van der Waals surface area contributed by atoms with E-state index in [1.165, 1.54) is 11.1 Å². The molecule has 3 nitrogen and oxygen atoms in total. The number of aryl methyl sites for hydroxylation is 3. The molecule has 3 rings (SSSR count). The van der Waals surface area contributed by atoms with E-state index in [2.05, 4.69) is 55.0 Å². The fraction of sp³-hybridized carbons (Fsp3) is 0.238. The Kier molecular flexibility index (Phi) is 5.71. The first-order chi connectivity index (χ1) is 12.1. The second-order valence-corrected chi connectivity index (χ2v) is 6.92. The molecule has 0 N–H and O–H groups in total. The van der Waals surface area contributed by atoms with Gasteiger partial charge in [-0.25, -0.2) is 4.98 Å². The Morgan fingerprint density at radius 3 is 2.48 bits per heavy atom. The summed E-state index contributed by atoms with van der Waals surface area (Å²) in [6.45, 7) is 6.22. The largest absolute Gasteiger partial charge is 0.439 e. The van der Waals surface area contributed by atoms with E-state index in [-0.39, 0.29) is 0 Å². The summed E-state index contributed by atoms with van der Waals surface area (Å²) >= 11 is 1.63. The molecule has 0 saturated carbocycles. The SMILES string of the molecule is CCc1cc(Oc2ccc(C)cc2C)nc(SCc2ccccc2)n1. The average Bonchev–Trinajstić information content (AvgIpc) is 2.63. The highest BCUT2D eigenvalue weighted by Crippen LogP contribution is 2.27. The lowest BCUT2D eigenvalue weighted by Crippen LogP contribution is -1.98. The summed E-state index contributed by atoms with van der Waals surface area (Å²) in [6, 6.07) is 18.4. The maximum absolute atomic E-state index is 6.03. The predicted molar refractivity (Wildman–Crippen MR) is 103 cm³/mol. The van der Waals surface area contributed by atoms with Crippen LogP contribution >= 0.6 is 11.8 Å². The number of hydrogen-bond acceptors (Lipinski definition) is 4. The molecule has 0 spiro atoms. The molecule has 4 heteroatoms. The van der Waals surface area contributed by atoms with Gasteiger partial charge >= 0.3 is 0 Å². The molecule has 3 aromatic rings. The van der Waals surface area contributed by atoms with Crippen molar-refractivity contribution in [2.45, 2.75) is 38.1 Å². The molecule has 0 aliphatic carbocycles. The van der Waals surface area contributed by atoms with Crippen molar-refractivity contribution < 1.29 is 4.74 Å². The van der Waals surface area contributed by atoms with Crippen LogP contribution in [0.15, 0.2) is 59.8 Å². The van der Waals surface area contributed by atoms with E-state index >= 15 is 0 Å². The van der Waals surface area contributed by atoms with Gasteiger partial charge in [0.25, 0.3) is 0 Å². The van der Waals surface area contributed by atoms with Crippen LogP contribution in [0.5, 0.6) is 11.6 Å². The molecular formula is C21H22N2OS. The summed E-state index contributed by atoms with van der Waals surface area (Å²) in [5, 5.41) is 0.753. The van der Waals surface area contributed by atoms with Gasteiger partial charge in [0.1, 0.15) is 5.75 Å². The number of hydrogen-bond donors (Lipinski definition) is 0. The Morgan fingerprint density at radius 2 is 1.76 bits per heavy atom. The molecule has 1 heterocycles. The first kappa shape index (κ1) is 17.5. The van der Waals surface area contributed by atoms with Crippen LogP contribution in [0.3, 0.4) is 0 Å². The minimum absolute atomic E-state index is 0.606. The summed E-state index contributed by atoms with van der Waals surface area (Å²) in [6.07, 6.45) is 0.852. The van der Waals surface area contributed by atoms with E-state index in [1.54, 1.807) is 11.8 Å². The average molecular weight is 350 g/mol. The summed E-state index contributed by atoms with van der Waals surface area (Å²) < 4.78 is 6.03. The molecule has 0 bridgehead atoms. The second-order valence-electron chi connectivity index (χ2n) is 5.98. The number of benzene rings is 2. The molecule has 0 aliphatic heterocycles. The standard InChI is InChI=1S/C21H22N2OS/c1-4-18-13-20(24-19-11-10-15(2)12-16(19)3)23-21(22-18)25-14-17-8-6-5-7-9-17/h5-13H,4,14H2,1-3H3. The van der Waals surface area contributed by atoms with E-state index in [1.807, 2.05) is 30.3 Å². The first-order valence-corrected chi connectivity index (χ1v) is 9.42. The highest BCUT2D eigenvalue weighted by molar-refractivity contribution is 7.98. The van der Waals surface area contributed by atoms with Crippen LogP contribution in [0.1, 0.15) is 29.3 Å². The molecule has 128 valence electrons. The van der Waals surface area contributed by atoms with Gasteiger partial charge in [0, 0.05) is 17.5 Å². The minimum atomic E-state index is 0.606. The first-order valence-electron chi connectivity index (χ1n) is 8.44. The number of nitrogens with zero attached hydrogens (tertiary/aromatic N) is 2. The lowest BCUT2D eigenvalue weighted by Gasteiger charge is -2.11. The fourth-order valence-corrected chi connectivity index (χ4v) is 3.32. The molecule has 0 unspecified atom stereocenters. The molecule has 25 heavy (non-hydrogen) atoms. The van der Waals surface area contributed by atoms with Crippen LogP contribution in [-0.4, -0.2) is 9.97 Å². The van der Waals surface area contributed by atoms with E-state index in [0.717, 1.165) is 34.3 Å². The summed E-state index contributed by atoms with van der Waals surface area (Å²) in [4.78, 5) is 9.20. The number of rotatable bonds is 6. The van der Waals surface area contributed by atoms with Crippen molar-refractivity contribution in [3.63, 3.8) is 0 Å². The third kappa shape index (κ3) is 4.83. The lowest BCUT2D eigenvalue weighted by molar-refractivity contribution is 0.450. The van der Waals surface area contributed by atoms with Gasteiger partial charge in [-0.2, -0.15) is 4.98 Å². The lowest BCUT2D eigenvalue weighted by atomic mass is 10.1. The Balaban J connectivity index is 1.79. The molecule has 0 atom stereocenters. The van der Waals surface area contributed by atoms with Crippen molar-refractivity contribution in [3.05, 3.63) is 77.0 Å². The number of aromatic nitrogens is 2. The molecule has 2 aromatic carbocycles. The molecule has 0 amide bonds. The zero-order valence-corrected chi connectivity index (χ0v) is 15.6. The monoisotopic (exact) mass is 350 g/mol. The number of ether oxygens (including phenoxy) is 1. The van der Waals surface area contributed by atoms with Gasteiger partial charge in [-0.1, -0.05) is 66.7 Å². The molecule has 0 saturated heterocycles. The Hall–Kier alpha value is -2.33. The molecule has 0 aliphatic rings. The van der Waals surface area contributed by atoms with E-state index < -0.39 is 0 Å². The zero-order chi connectivity index (χ0) is 17.6. The second kappa shape index (κ2) is 8.17. The van der Waals surface area contributed by atoms with Crippen LogP contribution in [0.4, 0.5) is 0 Å². The van der Waals surface area contributed by atoms with Crippen LogP contribution in [0, 0.1) is 13.8 Å². The van der Waals surface area contributed by atoms with Gasteiger partial charge in [-0.05, 0) is 37.5 Å². The van der Waals surface area contributed by atoms with Gasteiger partial charge in [0.2, 0.25) is 5.88 Å². The summed E-state index contributed by atoms with van der Waals surface area (Å²) in [5.41, 5.74) is 4.58. The maximum Gasteiger partial charge on any atom is 0.223 e. The quantitative estimate of drug-likeness (QED) is 0.419. The van der Waals surface area contributed by atoms with Gasteiger partial charge in [0.15, 0.2) is 5.16 Å². The van der Waals surface area contributed by atoms with Crippen molar-refractivity contribution in [2.24, 2.45) is 0 Å². The predicted octanol–water partition coefficient (Wildman–Crippen LogP) is 5.74. The summed E-state index contributed by atoms with van der Waals surface area (Å²) in [5.74, 6) is 2.29. The molecule has 0 fully saturated rings. The van der Waals surface area contributed by atoms with Gasteiger partial charge in [-0.3, -0.25) is 0 Å². The molecular weight excluding hydrogens is 328 g/mol. The summed E-state index contributed by atoms with van der Waals surface area (Å²) in [7, 11) is 0. The fourth-order valence-electron chi connectivity index (χ4n) is 2.50. The van der Waals surface area contributed by atoms with Crippen molar-refractivity contribution >= 4 is 11.8 Å². The van der Waals surface area contributed by atoms with E-state index in [4.69, 9.17) is 4.74 Å². The third-order valence-electron chi connectivity index (χ3n) is 3.85. The number of thioether (sulfide) groups is 1. The van der Waals surface area contributed by atoms with Gasteiger partial charge < -0.3 is 4.74 Å². The Labute approximate surface area is 153 Å². The maximum atomic E-state index is 6.03. The van der Waals surface area contributed by atoms with E-state index in [0.29, 0.717) is 5.88 Å². The smallest absolute Gasteiger partial charge is 0.223 e. The molecule has 1 aromatic heterocycles. The normalized spacial score (nSPS) is 10.7. The third-order valence-corrected chi connectivity index (χ3v) is 4.77. The zero-order valence-electron chi connectivity index (χ0n) is 14.8. The van der Waals surface area contributed by atoms with Crippen LogP contribution < -0.4 is 4.74 Å². The van der Waals surface area contributed by atoms with Crippen molar-refractivity contribution in [3.8, 4) is 11.6 Å². The van der Waals surface area contributed by atoms with Crippen molar-refractivity contribution in [1.29, 1.82) is 0 Å². The van der Waals surface area contributed by atoms with E-state index in [9.17, 15) is 0 Å². The highest BCUT2D eigenvalue weighted by Gasteiger charge is 2.08.